The second kappa shape index (κ2) is 7.94. The maximum Gasteiger partial charge on any atom is 0.307 e. The van der Waals surface area contributed by atoms with Crippen molar-refractivity contribution in [3.8, 4) is 0 Å². The Bertz CT molecular complexity index is 929. The van der Waals surface area contributed by atoms with E-state index in [1.165, 1.54) is 4.57 Å². The molecule has 0 unspecified atom stereocenters. The number of amides is 1. The van der Waals surface area contributed by atoms with Gasteiger partial charge in [-0.3, -0.25) is 14.2 Å². The predicted molar refractivity (Wildman–Crippen MR) is 97.4 cm³/mol. The Morgan fingerprint density at radius 1 is 1.20 bits per heavy atom. The van der Waals surface area contributed by atoms with Crippen molar-refractivity contribution in [3.63, 3.8) is 0 Å². The van der Waals surface area contributed by atoms with Crippen LogP contribution in [0.5, 0.6) is 0 Å². The van der Waals surface area contributed by atoms with Gasteiger partial charge in [0.25, 0.3) is 0 Å². The van der Waals surface area contributed by atoms with Gasteiger partial charge >= 0.3 is 4.87 Å². The van der Waals surface area contributed by atoms with E-state index in [0.29, 0.717) is 5.56 Å². The topological polar surface area (TPSA) is 97.3 Å². The van der Waals surface area contributed by atoms with Crippen molar-refractivity contribution in [2.24, 2.45) is 0 Å². The van der Waals surface area contributed by atoms with Crippen molar-refractivity contribution in [3.05, 3.63) is 50.1 Å². The van der Waals surface area contributed by atoms with Crippen LogP contribution >= 0.6 is 11.3 Å². The molecule has 1 aromatic carbocycles. The lowest BCUT2D eigenvalue weighted by Gasteiger charge is -2.11. The van der Waals surface area contributed by atoms with Gasteiger partial charge in [0, 0.05) is 24.2 Å². The van der Waals surface area contributed by atoms with Gasteiger partial charge < -0.3 is 5.32 Å². The van der Waals surface area contributed by atoms with Crippen LogP contribution < -0.4 is 14.9 Å². The van der Waals surface area contributed by atoms with Gasteiger partial charge in [-0.05, 0) is 38.0 Å². The molecule has 2 N–H and O–H groups in total. The van der Waals surface area contributed by atoms with Crippen LogP contribution in [0.25, 0.3) is 0 Å². The number of carbonyl (C=O) groups excluding carboxylic acids is 1. The van der Waals surface area contributed by atoms with Gasteiger partial charge in [-0.1, -0.05) is 23.5 Å². The van der Waals surface area contributed by atoms with Crippen molar-refractivity contribution in [1.82, 2.24) is 14.6 Å². The monoisotopic (exact) mass is 383 g/mol. The Morgan fingerprint density at radius 2 is 1.92 bits per heavy atom. The summed E-state index contributed by atoms with van der Waals surface area (Å²) >= 11 is 1.04. The molecule has 1 amide bonds. The molecular formula is C16H21N3O4S2. The molecule has 1 heterocycles. The maximum absolute atomic E-state index is 12.3. The summed E-state index contributed by atoms with van der Waals surface area (Å²) in [6.45, 7) is 5.45. The Labute approximate surface area is 150 Å². The molecule has 2 rings (SSSR count). The zero-order chi connectivity index (χ0) is 18.6. The summed E-state index contributed by atoms with van der Waals surface area (Å²) in [5, 5.41) is 4.29. The van der Waals surface area contributed by atoms with Crippen LogP contribution in [-0.2, 0) is 21.4 Å². The average Bonchev–Trinajstić information content (AvgIpc) is 2.85. The first-order valence-corrected chi connectivity index (χ1v) is 10.1. The molecule has 0 spiro atoms. The molecular weight excluding hydrogens is 362 g/mol. The lowest BCUT2D eigenvalue weighted by atomic mass is 10.2. The second-order valence-corrected chi connectivity index (χ2v) is 8.30. The van der Waals surface area contributed by atoms with E-state index < -0.39 is 10.0 Å². The fraction of sp³-hybridized carbons (Fsp3) is 0.375. The zero-order valence-electron chi connectivity index (χ0n) is 14.3. The maximum atomic E-state index is 12.3. The number of benzene rings is 1. The number of aromatic nitrogens is 1. The Hall–Kier alpha value is -1.97. The largest absolute Gasteiger partial charge is 0.353 e. The number of hydrogen-bond acceptors (Lipinski definition) is 5. The predicted octanol–water partition coefficient (Wildman–Crippen LogP) is 0.930. The summed E-state index contributed by atoms with van der Waals surface area (Å²) < 4.78 is 28.5. The first-order valence-electron chi connectivity index (χ1n) is 7.69. The van der Waals surface area contributed by atoms with E-state index >= 15 is 0 Å². The molecule has 0 atom stereocenters. The Balaban J connectivity index is 1.87. The third kappa shape index (κ3) is 5.00. The first kappa shape index (κ1) is 19.4. The summed E-state index contributed by atoms with van der Waals surface area (Å²) in [4.78, 5) is 23.5. The lowest BCUT2D eigenvalue weighted by molar-refractivity contribution is -0.121. The Kier molecular flexibility index (Phi) is 6.15. The summed E-state index contributed by atoms with van der Waals surface area (Å²) in [5.41, 5.74) is 2.24. The molecule has 1 aromatic heterocycles. The van der Waals surface area contributed by atoms with Gasteiger partial charge in [-0.25, -0.2) is 13.1 Å². The highest BCUT2D eigenvalue weighted by molar-refractivity contribution is 7.89. The van der Waals surface area contributed by atoms with E-state index in [-0.39, 0.29) is 35.3 Å². The first-order chi connectivity index (χ1) is 11.7. The summed E-state index contributed by atoms with van der Waals surface area (Å²) in [5.74, 6) is -0.338. The van der Waals surface area contributed by atoms with Crippen LogP contribution in [0.1, 0.15) is 16.8 Å². The number of nitrogens with zero attached hydrogens (tertiary/aromatic N) is 1. The minimum absolute atomic E-state index is 0.0684. The zero-order valence-corrected chi connectivity index (χ0v) is 16.0. The van der Waals surface area contributed by atoms with Crippen LogP contribution in [-0.4, -0.2) is 32.0 Å². The number of nitrogens with one attached hydrogen (secondary N) is 2. The van der Waals surface area contributed by atoms with Crippen LogP contribution in [0.2, 0.25) is 0 Å². The van der Waals surface area contributed by atoms with Gasteiger partial charge in [0.15, 0.2) is 0 Å². The fourth-order valence-electron chi connectivity index (χ4n) is 2.26. The van der Waals surface area contributed by atoms with Crippen molar-refractivity contribution in [2.45, 2.75) is 32.2 Å². The molecule has 0 saturated heterocycles. The quantitative estimate of drug-likeness (QED) is 0.695. The molecule has 25 heavy (non-hydrogen) atoms. The molecule has 0 aliphatic heterocycles. The number of thiazole rings is 1. The molecule has 7 nitrogen and oxygen atoms in total. The van der Waals surface area contributed by atoms with Crippen molar-refractivity contribution in [1.29, 1.82) is 0 Å². The SMILES string of the molecule is Cc1ccc(C)c(S(=O)(=O)NCCNC(=O)Cn2c(C)csc2=O)c1. The molecule has 9 heteroatoms. The average molecular weight is 383 g/mol. The summed E-state index contributed by atoms with van der Waals surface area (Å²) in [6.07, 6.45) is 0. The number of hydrogen-bond donors (Lipinski definition) is 2. The van der Waals surface area contributed by atoms with Crippen molar-refractivity contribution in [2.75, 3.05) is 13.1 Å². The second-order valence-electron chi connectivity index (χ2n) is 5.75. The summed E-state index contributed by atoms with van der Waals surface area (Å²) in [6, 6.07) is 5.22. The van der Waals surface area contributed by atoms with Crippen LogP contribution in [0, 0.1) is 20.8 Å². The molecule has 0 fully saturated rings. The highest BCUT2D eigenvalue weighted by Gasteiger charge is 2.16. The van der Waals surface area contributed by atoms with Crippen LogP contribution in [0.4, 0.5) is 0 Å². The smallest absolute Gasteiger partial charge is 0.307 e. The number of sulfonamides is 1. The van der Waals surface area contributed by atoms with E-state index in [2.05, 4.69) is 10.0 Å². The highest BCUT2D eigenvalue weighted by Crippen LogP contribution is 2.16. The van der Waals surface area contributed by atoms with Crippen LogP contribution in [0.15, 0.2) is 33.3 Å². The standard InChI is InChI=1S/C16H21N3O4S2/c1-11-4-5-12(2)14(8-11)25(22,23)18-7-6-17-15(20)9-19-13(3)10-24-16(19)21/h4-5,8,10,18H,6-7,9H2,1-3H3,(H,17,20). The van der Waals surface area contributed by atoms with Crippen LogP contribution in [0.3, 0.4) is 0 Å². The van der Waals surface area contributed by atoms with E-state index in [0.717, 1.165) is 22.6 Å². The molecule has 136 valence electrons. The van der Waals surface area contributed by atoms with Gasteiger partial charge in [-0.15, -0.1) is 0 Å². The van der Waals surface area contributed by atoms with Gasteiger partial charge in [0.2, 0.25) is 15.9 Å². The molecule has 0 aliphatic rings. The molecule has 0 radical (unpaired) electrons. The normalized spacial score (nSPS) is 11.5. The molecule has 0 aliphatic carbocycles. The van der Waals surface area contributed by atoms with E-state index in [9.17, 15) is 18.0 Å². The van der Waals surface area contributed by atoms with Gasteiger partial charge in [-0.2, -0.15) is 0 Å². The lowest BCUT2D eigenvalue weighted by Crippen LogP contribution is -2.37. The molecule has 0 bridgehead atoms. The van der Waals surface area contributed by atoms with E-state index in [1.54, 1.807) is 31.4 Å². The third-order valence-electron chi connectivity index (χ3n) is 3.65. The molecule has 2 aromatic rings. The minimum Gasteiger partial charge on any atom is -0.353 e. The molecule has 0 saturated carbocycles. The van der Waals surface area contributed by atoms with E-state index in [4.69, 9.17) is 0 Å². The third-order valence-corrected chi connectivity index (χ3v) is 6.13. The van der Waals surface area contributed by atoms with Gasteiger partial charge in [0.1, 0.15) is 6.54 Å². The van der Waals surface area contributed by atoms with Crippen molar-refractivity contribution >= 4 is 27.3 Å². The fourth-order valence-corrected chi connectivity index (χ4v) is 4.35. The summed E-state index contributed by atoms with van der Waals surface area (Å²) in [7, 11) is -3.63. The number of carbonyl (C=O) groups is 1. The highest BCUT2D eigenvalue weighted by atomic mass is 32.2. The Morgan fingerprint density at radius 3 is 2.56 bits per heavy atom. The number of rotatable bonds is 7. The van der Waals surface area contributed by atoms with E-state index in [1.807, 2.05) is 13.0 Å². The van der Waals surface area contributed by atoms with Gasteiger partial charge in [0.05, 0.1) is 4.90 Å². The minimum atomic E-state index is -3.63. The van der Waals surface area contributed by atoms with Crippen molar-refractivity contribution < 1.29 is 13.2 Å². The number of aryl methyl sites for hydroxylation is 3.